The number of thioether (sulfide) groups is 1. The molecule has 0 saturated carbocycles. The van der Waals surface area contributed by atoms with Gasteiger partial charge >= 0.3 is 11.5 Å². The number of aromatic nitrogens is 1. The smallest absolute Gasteiger partial charge is 0.363 e. The van der Waals surface area contributed by atoms with Crippen molar-refractivity contribution in [2.45, 2.75) is 36.3 Å². The molecule has 1 fully saturated rings. The molecule has 2 heterocycles. The molecule has 6 nitrogen and oxygen atoms in total. The van der Waals surface area contributed by atoms with E-state index in [-0.39, 0.29) is 28.9 Å². The van der Waals surface area contributed by atoms with Gasteiger partial charge in [-0.15, -0.1) is 0 Å². The van der Waals surface area contributed by atoms with Crippen LogP contribution in [-0.4, -0.2) is 47.0 Å². The second-order valence-electron chi connectivity index (χ2n) is 7.53. The van der Waals surface area contributed by atoms with Crippen molar-refractivity contribution in [1.82, 2.24) is 9.88 Å². The molecule has 3 amide bonds. The number of amides is 3. The van der Waals surface area contributed by atoms with Crippen molar-refractivity contribution in [2.24, 2.45) is 0 Å². The van der Waals surface area contributed by atoms with Crippen LogP contribution in [0.3, 0.4) is 0 Å². The van der Waals surface area contributed by atoms with E-state index in [1.807, 2.05) is 25.1 Å². The Labute approximate surface area is 176 Å². The van der Waals surface area contributed by atoms with Crippen LogP contribution in [0.5, 0.6) is 0 Å². The summed E-state index contributed by atoms with van der Waals surface area (Å²) < 4.78 is 37.6. The molecule has 0 aliphatic carbocycles. The summed E-state index contributed by atoms with van der Waals surface area (Å²) >= 11 is -0.249. The molecule has 1 aliphatic heterocycles. The Hall–Kier alpha value is -2.75. The molecular weight excluding hydrogens is 417 g/mol. The van der Waals surface area contributed by atoms with Gasteiger partial charge in [-0.3, -0.25) is 4.79 Å². The lowest BCUT2D eigenvalue weighted by Crippen LogP contribution is -2.43. The van der Waals surface area contributed by atoms with Crippen molar-refractivity contribution in [1.29, 1.82) is 0 Å². The number of urea groups is 1. The molecule has 1 aromatic heterocycles. The van der Waals surface area contributed by atoms with Crippen molar-refractivity contribution in [2.75, 3.05) is 23.9 Å². The van der Waals surface area contributed by atoms with E-state index in [4.69, 9.17) is 0 Å². The molecule has 160 valence electrons. The molecule has 2 aromatic rings. The maximum Gasteiger partial charge on any atom is 0.446 e. The Morgan fingerprint density at radius 3 is 2.30 bits per heavy atom. The number of hydrogen-bond donors (Lipinski definition) is 0. The second-order valence-corrected chi connectivity index (χ2v) is 8.67. The normalized spacial score (nSPS) is 16.4. The van der Waals surface area contributed by atoms with E-state index in [2.05, 4.69) is 4.98 Å². The van der Waals surface area contributed by atoms with Gasteiger partial charge in [-0.1, -0.05) is 0 Å². The van der Waals surface area contributed by atoms with Crippen LogP contribution in [0.2, 0.25) is 0 Å². The number of alkyl halides is 3. The molecular formula is C20H21F3N4O2S. The predicted octanol–water partition coefficient (Wildman–Crippen LogP) is 4.51. The fourth-order valence-electron chi connectivity index (χ4n) is 3.11. The summed E-state index contributed by atoms with van der Waals surface area (Å²) in [5, 5.41) is 0. The molecule has 0 atom stereocenters. The first-order chi connectivity index (χ1) is 13.9. The summed E-state index contributed by atoms with van der Waals surface area (Å²) in [6.07, 6.45) is 1.63. The molecule has 0 radical (unpaired) electrons. The zero-order valence-corrected chi connectivity index (χ0v) is 17.7. The summed E-state index contributed by atoms with van der Waals surface area (Å²) in [6.45, 7) is 3.49. The highest BCUT2D eigenvalue weighted by atomic mass is 32.2. The standard InChI is InChI=1S/C20H21F3N4O2S/c1-19(2)17(28)27(14-5-7-15(8-6-14)30-20(21,22)23)18(29)26(19)12-13-9-10-24-16(11-13)25(3)4/h5-11H,12H2,1-4H3. The van der Waals surface area contributed by atoms with Gasteiger partial charge in [0.2, 0.25) is 0 Å². The molecule has 0 spiro atoms. The average molecular weight is 438 g/mol. The van der Waals surface area contributed by atoms with E-state index in [1.165, 1.54) is 29.2 Å². The minimum Gasteiger partial charge on any atom is -0.363 e. The number of imide groups is 1. The maximum absolute atomic E-state index is 13.1. The maximum atomic E-state index is 13.1. The summed E-state index contributed by atoms with van der Waals surface area (Å²) in [5.41, 5.74) is -4.48. The predicted molar refractivity (Wildman–Crippen MR) is 109 cm³/mol. The summed E-state index contributed by atoms with van der Waals surface area (Å²) in [6, 6.07) is 8.27. The number of carbonyl (C=O) groups is 2. The summed E-state index contributed by atoms with van der Waals surface area (Å²) in [7, 11) is 3.70. The van der Waals surface area contributed by atoms with Crippen LogP contribution in [0.25, 0.3) is 0 Å². The molecule has 1 aromatic carbocycles. The van der Waals surface area contributed by atoms with E-state index < -0.39 is 23.0 Å². The number of pyridine rings is 1. The zero-order valence-electron chi connectivity index (χ0n) is 16.9. The van der Waals surface area contributed by atoms with Gasteiger partial charge in [0.25, 0.3) is 5.91 Å². The van der Waals surface area contributed by atoms with E-state index in [1.54, 1.807) is 26.1 Å². The van der Waals surface area contributed by atoms with Crippen LogP contribution < -0.4 is 9.80 Å². The first kappa shape index (κ1) is 21.9. The second kappa shape index (κ2) is 7.82. The fourth-order valence-corrected chi connectivity index (χ4v) is 3.65. The number of halogens is 3. The molecule has 0 N–H and O–H groups in total. The third-order valence-corrected chi connectivity index (χ3v) is 5.50. The number of carbonyl (C=O) groups excluding carboxylic acids is 2. The highest BCUT2D eigenvalue weighted by molar-refractivity contribution is 8.00. The summed E-state index contributed by atoms with van der Waals surface area (Å²) in [4.78, 5) is 34.6. The molecule has 3 rings (SSSR count). The lowest BCUT2D eigenvalue weighted by atomic mass is 10.0. The van der Waals surface area contributed by atoms with Crippen molar-refractivity contribution in [3.05, 3.63) is 48.2 Å². The molecule has 1 aliphatic rings. The number of rotatable bonds is 5. The highest BCUT2D eigenvalue weighted by Crippen LogP contribution is 2.38. The van der Waals surface area contributed by atoms with Gasteiger partial charge in [0.05, 0.1) is 5.69 Å². The minimum absolute atomic E-state index is 0.0190. The van der Waals surface area contributed by atoms with Crippen LogP contribution in [0.1, 0.15) is 19.4 Å². The Kier molecular flexibility index (Phi) is 5.72. The van der Waals surface area contributed by atoms with Gasteiger partial charge in [0, 0.05) is 31.7 Å². The molecule has 30 heavy (non-hydrogen) atoms. The van der Waals surface area contributed by atoms with Crippen LogP contribution in [0, 0.1) is 0 Å². The largest absolute Gasteiger partial charge is 0.446 e. The first-order valence-electron chi connectivity index (χ1n) is 9.04. The third kappa shape index (κ3) is 4.38. The molecule has 1 saturated heterocycles. The topological polar surface area (TPSA) is 56.8 Å². The van der Waals surface area contributed by atoms with Crippen LogP contribution in [-0.2, 0) is 11.3 Å². The lowest BCUT2D eigenvalue weighted by Gasteiger charge is -2.28. The Morgan fingerprint density at radius 2 is 1.73 bits per heavy atom. The number of anilines is 2. The fraction of sp³-hybridized carbons (Fsp3) is 0.350. The Balaban J connectivity index is 1.86. The van der Waals surface area contributed by atoms with Crippen LogP contribution in [0.4, 0.5) is 29.5 Å². The average Bonchev–Trinajstić information content (AvgIpc) is 2.81. The first-order valence-corrected chi connectivity index (χ1v) is 9.86. The monoisotopic (exact) mass is 438 g/mol. The van der Waals surface area contributed by atoms with Crippen molar-refractivity contribution >= 4 is 35.2 Å². The van der Waals surface area contributed by atoms with Gasteiger partial charge in [-0.2, -0.15) is 13.2 Å². The van der Waals surface area contributed by atoms with E-state index >= 15 is 0 Å². The minimum atomic E-state index is -4.41. The molecule has 0 unspecified atom stereocenters. The summed E-state index contributed by atoms with van der Waals surface area (Å²) in [5.74, 6) is 0.281. The Bertz CT molecular complexity index is 961. The van der Waals surface area contributed by atoms with Gasteiger partial charge in [0.15, 0.2) is 0 Å². The highest BCUT2D eigenvalue weighted by Gasteiger charge is 2.51. The Morgan fingerprint density at radius 1 is 1.10 bits per heavy atom. The van der Waals surface area contributed by atoms with E-state index in [0.717, 1.165) is 16.3 Å². The number of hydrogen-bond acceptors (Lipinski definition) is 5. The molecule has 10 heteroatoms. The third-order valence-electron chi connectivity index (χ3n) is 4.76. The molecule has 0 bridgehead atoms. The van der Waals surface area contributed by atoms with Crippen molar-refractivity contribution in [3.8, 4) is 0 Å². The number of benzene rings is 1. The van der Waals surface area contributed by atoms with Gasteiger partial charge < -0.3 is 9.80 Å². The van der Waals surface area contributed by atoms with Gasteiger partial charge in [-0.25, -0.2) is 14.7 Å². The SMILES string of the molecule is CN(C)c1cc(CN2C(=O)N(c3ccc(SC(F)(F)F)cc3)C(=O)C2(C)C)ccn1. The van der Waals surface area contributed by atoms with Crippen LogP contribution >= 0.6 is 11.8 Å². The van der Waals surface area contributed by atoms with E-state index in [9.17, 15) is 22.8 Å². The lowest BCUT2D eigenvalue weighted by molar-refractivity contribution is -0.123. The quantitative estimate of drug-likeness (QED) is 0.508. The zero-order chi connectivity index (χ0) is 22.3. The number of nitrogens with zero attached hydrogens (tertiary/aromatic N) is 4. The van der Waals surface area contributed by atoms with Gasteiger partial charge in [-0.05, 0) is 67.6 Å². The van der Waals surface area contributed by atoms with Crippen molar-refractivity contribution in [3.63, 3.8) is 0 Å². The van der Waals surface area contributed by atoms with Crippen LogP contribution in [0.15, 0.2) is 47.5 Å². The van der Waals surface area contributed by atoms with Crippen molar-refractivity contribution < 1.29 is 22.8 Å². The van der Waals surface area contributed by atoms with E-state index in [0.29, 0.717) is 0 Å². The van der Waals surface area contributed by atoms with Gasteiger partial charge in [0.1, 0.15) is 11.4 Å².